The topological polar surface area (TPSA) is 71.2 Å². The second-order valence-corrected chi connectivity index (χ2v) is 5.77. The average molecular weight is 306 g/mol. The summed E-state index contributed by atoms with van der Waals surface area (Å²) in [5.41, 5.74) is 7.41. The Morgan fingerprint density at radius 1 is 1.30 bits per heavy atom. The average Bonchev–Trinajstić information content (AvgIpc) is 2.77. The molecule has 0 aliphatic carbocycles. The lowest BCUT2D eigenvalue weighted by Crippen LogP contribution is -2.09. The SMILES string of the molecule is Nc1c(C(O)Nc2ccccc2)sc2ncc(Cl)cc12. The van der Waals surface area contributed by atoms with Crippen LogP contribution in [0.2, 0.25) is 5.02 Å². The van der Waals surface area contributed by atoms with E-state index in [1.165, 1.54) is 11.3 Å². The van der Waals surface area contributed by atoms with Gasteiger partial charge >= 0.3 is 0 Å². The zero-order chi connectivity index (χ0) is 14.1. The number of nitrogens with zero attached hydrogens (tertiary/aromatic N) is 1. The first-order chi connectivity index (χ1) is 9.65. The highest BCUT2D eigenvalue weighted by Crippen LogP contribution is 2.37. The predicted octanol–water partition coefficient (Wildman–Crippen LogP) is 3.63. The van der Waals surface area contributed by atoms with Crippen LogP contribution in [0.1, 0.15) is 11.1 Å². The standard InChI is InChI=1S/C14H12ClN3OS/c15-8-6-10-11(16)12(20-14(10)17-7-8)13(19)18-9-4-2-1-3-5-9/h1-7,13,18-19H,16H2. The van der Waals surface area contributed by atoms with E-state index < -0.39 is 6.23 Å². The predicted molar refractivity (Wildman–Crippen MR) is 84.1 cm³/mol. The number of aliphatic hydroxyl groups is 1. The van der Waals surface area contributed by atoms with E-state index in [0.717, 1.165) is 15.9 Å². The summed E-state index contributed by atoms with van der Waals surface area (Å²) in [6.07, 6.45) is 0.691. The summed E-state index contributed by atoms with van der Waals surface area (Å²) >= 11 is 7.27. The molecule has 0 radical (unpaired) electrons. The molecule has 3 aromatic rings. The summed E-state index contributed by atoms with van der Waals surface area (Å²) in [6, 6.07) is 11.2. The van der Waals surface area contributed by atoms with Crippen molar-refractivity contribution < 1.29 is 5.11 Å². The Morgan fingerprint density at radius 3 is 2.80 bits per heavy atom. The van der Waals surface area contributed by atoms with Crippen molar-refractivity contribution in [1.82, 2.24) is 4.98 Å². The van der Waals surface area contributed by atoms with Crippen molar-refractivity contribution in [1.29, 1.82) is 0 Å². The van der Waals surface area contributed by atoms with Crippen LogP contribution in [0.5, 0.6) is 0 Å². The van der Waals surface area contributed by atoms with E-state index in [1.54, 1.807) is 12.3 Å². The first-order valence-electron chi connectivity index (χ1n) is 5.98. The minimum absolute atomic E-state index is 0.510. The molecule has 3 rings (SSSR count). The van der Waals surface area contributed by atoms with E-state index in [9.17, 15) is 5.11 Å². The van der Waals surface area contributed by atoms with Gasteiger partial charge in [-0.15, -0.1) is 11.3 Å². The fraction of sp³-hybridized carbons (Fsp3) is 0.0714. The van der Waals surface area contributed by atoms with E-state index in [0.29, 0.717) is 15.6 Å². The molecule has 2 heterocycles. The van der Waals surface area contributed by atoms with Gasteiger partial charge in [0.25, 0.3) is 0 Å². The number of aliphatic hydroxyl groups excluding tert-OH is 1. The minimum Gasteiger partial charge on any atom is -0.397 e. The normalized spacial score (nSPS) is 12.5. The fourth-order valence-electron chi connectivity index (χ4n) is 1.95. The van der Waals surface area contributed by atoms with Gasteiger partial charge in [-0.2, -0.15) is 0 Å². The molecule has 1 aromatic carbocycles. The lowest BCUT2D eigenvalue weighted by Gasteiger charge is -2.13. The highest BCUT2D eigenvalue weighted by molar-refractivity contribution is 7.19. The maximum absolute atomic E-state index is 10.3. The number of benzene rings is 1. The molecule has 4 nitrogen and oxygen atoms in total. The van der Waals surface area contributed by atoms with Crippen molar-refractivity contribution in [3.05, 3.63) is 52.5 Å². The van der Waals surface area contributed by atoms with Gasteiger partial charge in [-0.25, -0.2) is 4.98 Å². The number of nitrogens with one attached hydrogen (secondary N) is 1. The third kappa shape index (κ3) is 2.43. The van der Waals surface area contributed by atoms with E-state index in [2.05, 4.69) is 10.3 Å². The number of anilines is 2. The molecule has 0 saturated heterocycles. The van der Waals surface area contributed by atoms with Crippen molar-refractivity contribution in [3.8, 4) is 0 Å². The van der Waals surface area contributed by atoms with Crippen LogP contribution in [-0.2, 0) is 0 Å². The minimum atomic E-state index is -0.879. The van der Waals surface area contributed by atoms with Crippen molar-refractivity contribution in [2.24, 2.45) is 0 Å². The second kappa shape index (κ2) is 5.28. The third-order valence-corrected chi connectivity index (χ3v) is 4.29. The molecule has 0 spiro atoms. The molecular weight excluding hydrogens is 294 g/mol. The van der Waals surface area contributed by atoms with Crippen LogP contribution in [-0.4, -0.2) is 10.1 Å². The molecule has 0 fully saturated rings. The molecule has 1 unspecified atom stereocenters. The van der Waals surface area contributed by atoms with Gasteiger partial charge in [0, 0.05) is 17.3 Å². The maximum Gasteiger partial charge on any atom is 0.162 e. The zero-order valence-electron chi connectivity index (χ0n) is 10.4. The number of para-hydroxylation sites is 1. The highest BCUT2D eigenvalue weighted by atomic mass is 35.5. The smallest absolute Gasteiger partial charge is 0.162 e. The van der Waals surface area contributed by atoms with Crippen LogP contribution in [0.15, 0.2) is 42.6 Å². The van der Waals surface area contributed by atoms with Crippen molar-refractivity contribution in [2.75, 3.05) is 11.1 Å². The van der Waals surface area contributed by atoms with Gasteiger partial charge in [0.2, 0.25) is 0 Å². The number of nitrogens with two attached hydrogens (primary N) is 1. The second-order valence-electron chi connectivity index (χ2n) is 4.30. The van der Waals surface area contributed by atoms with Crippen LogP contribution in [0.3, 0.4) is 0 Å². The molecule has 0 bridgehead atoms. The Balaban J connectivity index is 1.95. The Bertz CT molecular complexity index is 745. The molecule has 0 amide bonds. The molecule has 6 heteroatoms. The van der Waals surface area contributed by atoms with Gasteiger partial charge in [-0.1, -0.05) is 29.8 Å². The Kier molecular flexibility index (Phi) is 3.48. The van der Waals surface area contributed by atoms with E-state index >= 15 is 0 Å². The molecule has 1 atom stereocenters. The first kappa shape index (κ1) is 13.2. The van der Waals surface area contributed by atoms with Gasteiger partial charge < -0.3 is 16.2 Å². The fourth-order valence-corrected chi connectivity index (χ4v) is 3.09. The molecule has 102 valence electrons. The van der Waals surface area contributed by atoms with E-state index in [4.69, 9.17) is 17.3 Å². The van der Waals surface area contributed by atoms with Crippen molar-refractivity contribution >= 4 is 44.5 Å². The molecule has 0 saturated carbocycles. The summed E-state index contributed by atoms with van der Waals surface area (Å²) in [6.45, 7) is 0. The molecule has 2 aromatic heterocycles. The zero-order valence-corrected chi connectivity index (χ0v) is 11.9. The van der Waals surface area contributed by atoms with Crippen LogP contribution < -0.4 is 11.1 Å². The van der Waals surface area contributed by atoms with Crippen LogP contribution >= 0.6 is 22.9 Å². The van der Waals surface area contributed by atoms with Gasteiger partial charge in [0.05, 0.1) is 15.6 Å². The highest BCUT2D eigenvalue weighted by Gasteiger charge is 2.17. The lowest BCUT2D eigenvalue weighted by molar-refractivity contribution is 0.213. The van der Waals surface area contributed by atoms with Gasteiger partial charge in [-0.05, 0) is 18.2 Å². The molecule has 4 N–H and O–H groups in total. The number of nitrogen functional groups attached to an aromatic ring is 1. The van der Waals surface area contributed by atoms with Crippen molar-refractivity contribution in [2.45, 2.75) is 6.23 Å². The van der Waals surface area contributed by atoms with Crippen LogP contribution in [0.4, 0.5) is 11.4 Å². The van der Waals surface area contributed by atoms with Gasteiger partial charge in [0.1, 0.15) is 4.83 Å². The Hall–Kier alpha value is -1.82. The number of rotatable bonds is 3. The summed E-state index contributed by atoms with van der Waals surface area (Å²) in [4.78, 5) is 5.62. The van der Waals surface area contributed by atoms with Gasteiger partial charge in [0.15, 0.2) is 6.23 Å². The van der Waals surface area contributed by atoms with E-state index in [-0.39, 0.29) is 0 Å². The molecule has 20 heavy (non-hydrogen) atoms. The monoisotopic (exact) mass is 305 g/mol. The largest absolute Gasteiger partial charge is 0.397 e. The third-order valence-electron chi connectivity index (χ3n) is 2.91. The first-order valence-corrected chi connectivity index (χ1v) is 7.17. The van der Waals surface area contributed by atoms with Crippen molar-refractivity contribution in [3.63, 3.8) is 0 Å². The molecule has 0 aliphatic rings. The number of hydrogen-bond acceptors (Lipinski definition) is 5. The maximum atomic E-state index is 10.3. The summed E-state index contributed by atoms with van der Waals surface area (Å²) in [5, 5.41) is 14.6. The Labute approximate surface area is 124 Å². The molecule has 0 aliphatic heterocycles. The summed E-state index contributed by atoms with van der Waals surface area (Å²) in [7, 11) is 0. The number of halogens is 1. The number of pyridine rings is 1. The summed E-state index contributed by atoms with van der Waals surface area (Å²) in [5.74, 6) is 0. The number of thiophene rings is 1. The van der Waals surface area contributed by atoms with Gasteiger partial charge in [-0.3, -0.25) is 0 Å². The van der Waals surface area contributed by atoms with E-state index in [1.807, 2.05) is 30.3 Å². The lowest BCUT2D eigenvalue weighted by atomic mass is 10.2. The molecular formula is C14H12ClN3OS. The van der Waals surface area contributed by atoms with Crippen LogP contribution in [0, 0.1) is 0 Å². The Morgan fingerprint density at radius 2 is 2.05 bits per heavy atom. The number of aromatic nitrogens is 1. The number of hydrogen-bond donors (Lipinski definition) is 3. The summed E-state index contributed by atoms with van der Waals surface area (Å²) < 4.78 is 0. The quantitative estimate of drug-likeness (QED) is 0.646. The number of fused-ring (bicyclic) bond motifs is 1. The van der Waals surface area contributed by atoms with Crippen LogP contribution in [0.25, 0.3) is 10.2 Å².